The smallest absolute Gasteiger partial charge is 0.261 e. The van der Waals surface area contributed by atoms with Crippen LogP contribution in [-0.2, 0) is 6.54 Å². The second kappa shape index (κ2) is 11.6. The highest BCUT2D eigenvalue weighted by molar-refractivity contribution is 14.1. The first-order valence-corrected chi connectivity index (χ1v) is 15.1. The van der Waals surface area contributed by atoms with Crippen LogP contribution in [0, 0.1) is 3.57 Å². The van der Waals surface area contributed by atoms with E-state index >= 15 is 0 Å². The van der Waals surface area contributed by atoms with Crippen LogP contribution in [0.3, 0.4) is 0 Å². The summed E-state index contributed by atoms with van der Waals surface area (Å²) in [6.07, 6.45) is 7.35. The van der Waals surface area contributed by atoms with Gasteiger partial charge in [0.2, 0.25) is 6.79 Å². The highest BCUT2D eigenvalue weighted by Crippen LogP contribution is 2.41. The molecular weight excluding hydrogens is 643 g/mol. The van der Waals surface area contributed by atoms with E-state index in [9.17, 15) is 9.59 Å². The third kappa shape index (κ3) is 5.21. The molecule has 4 aromatic rings. The van der Waals surface area contributed by atoms with Crippen molar-refractivity contribution < 1.29 is 19.1 Å². The van der Waals surface area contributed by atoms with E-state index < -0.39 is 0 Å². The van der Waals surface area contributed by atoms with E-state index in [1.165, 1.54) is 11.2 Å². The van der Waals surface area contributed by atoms with Gasteiger partial charge < -0.3 is 19.8 Å². The van der Waals surface area contributed by atoms with E-state index in [1.54, 1.807) is 36.0 Å². The summed E-state index contributed by atoms with van der Waals surface area (Å²) in [6, 6.07) is 11.0. The third-order valence-corrected chi connectivity index (χ3v) is 9.36. The predicted octanol–water partition coefficient (Wildman–Crippen LogP) is 5.53. The lowest BCUT2D eigenvalue weighted by molar-refractivity contribution is 0.0651. The van der Waals surface area contributed by atoms with Crippen molar-refractivity contribution in [3.8, 4) is 11.5 Å². The molecule has 2 aromatic carbocycles. The van der Waals surface area contributed by atoms with Crippen molar-refractivity contribution in [3.05, 3.63) is 57.4 Å². The topological polar surface area (TPSA) is 125 Å². The normalized spacial score (nSPS) is 14.0. The number of hydrogen-bond acceptors (Lipinski definition) is 9. The number of aryl methyl sites for hydroxylation is 1. The van der Waals surface area contributed by atoms with Gasteiger partial charge in [0.15, 0.2) is 33.6 Å². The monoisotopic (exact) mass is 670 g/mol. The molecule has 0 radical (unpaired) electrons. The molecule has 0 saturated heterocycles. The van der Waals surface area contributed by atoms with Crippen molar-refractivity contribution >= 4 is 63.1 Å². The van der Waals surface area contributed by atoms with Crippen molar-refractivity contribution in [3.63, 3.8) is 0 Å². The van der Waals surface area contributed by atoms with Crippen molar-refractivity contribution in [2.24, 2.45) is 0 Å². The number of imidazole rings is 1. The van der Waals surface area contributed by atoms with Gasteiger partial charge in [-0.25, -0.2) is 15.0 Å². The molecule has 10 nitrogen and oxygen atoms in total. The van der Waals surface area contributed by atoms with Gasteiger partial charge in [-0.05, 0) is 59.7 Å². The lowest BCUT2D eigenvalue weighted by Crippen LogP contribution is -2.30. The molecule has 12 heteroatoms. The Morgan fingerprint density at radius 2 is 1.55 bits per heavy atom. The van der Waals surface area contributed by atoms with Gasteiger partial charge in [0.1, 0.15) is 6.33 Å². The van der Waals surface area contributed by atoms with E-state index in [0.717, 1.165) is 75.8 Å². The van der Waals surface area contributed by atoms with Gasteiger partial charge in [0.05, 0.1) is 11.1 Å². The number of nitrogens with zero attached hydrogens (tertiary/aromatic N) is 5. The summed E-state index contributed by atoms with van der Waals surface area (Å²) in [5.74, 6) is 1.49. The molecule has 40 heavy (non-hydrogen) atoms. The minimum absolute atomic E-state index is 0.179. The van der Waals surface area contributed by atoms with Crippen LogP contribution in [0.4, 0.5) is 5.82 Å². The zero-order valence-corrected chi connectivity index (χ0v) is 24.6. The Balaban J connectivity index is 1.02. The molecule has 4 heterocycles. The van der Waals surface area contributed by atoms with Gasteiger partial charge in [-0.15, -0.1) is 0 Å². The van der Waals surface area contributed by atoms with E-state index in [4.69, 9.17) is 20.2 Å². The molecule has 0 atom stereocenters. The second-order valence-corrected chi connectivity index (χ2v) is 11.8. The molecule has 2 N–H and O–H groups in total. The number of nitrogens with two attached hydrogens (primary N) is 1. The molecule has 2 aromatic heterocycles. The lowest BCUT2D eigenvalue weighted by Gasteiger charge is -2.13. The molecule has 2 amide bonds. The Labute approximate surface area is 248 Å². The fourth-order valence-electron chi connectivity index (χ4n) is 4.98. The highest BCUT2D eigenvalue weighted by atomic mass is 127. The summed E-state index contributed by atoms with van der Waals surface area (Å²) in [6.45, 7) is 1.45. The van der Waals surface area contributed by atoms with Crippen LogP contribution in [-0.4, -0.2) is 49.6 Å². The number of imide groups is 1. The molecule has 0 unspecified atom stereocenters. The summed E-state index contributed by atoms with van der Waals surface area (Å²) in [7, 11) is 0. The summed E-state index contributed by atoms with van der Waals surface area (Å²) in [5.41, 5.74) is 8.48. The van der Waals surface area contributed by atoms with Crippen molar-refractivity contribution in [2.45, 2.75) is 55.1 Å². The number of nitrogen functional groups attached to an aromatic ring is 1. The lowest BCUT2D eigenvalue weighted by atomic mass is 10.1. The Morgan fingerprint density at radius 3 is 2.27 bits per heavy atom. The number of rotatable bonds is 11. The second-order valence-electron chi connectivity index (χ2n) is 9.64. The predicted molar refractivity (Wildman–Crippen MR) is 159 cm³/mol. The largest absolute Gasteiger partial charge is 0.454 e. The molecule has 0 fully saturated rings. The van der Waals surface area contributed by atoms with Gasteiger partial charge in [0, 0.05) is 21.6 Å². The number of ether oxygens (including phenoxy) is 2. The molecule has 206 valence electrons. The number of carbonyl (C=O) groups excluding carboxylic acids is 2. The van der Waals surface area contributed by atoms with Gasteiger partial charge in [-0.3, -0.25) is 14.5 Å². The quantitative estimate of drug-likeness (QED) is 0.125. The van der Waals surface area contributed by atoms with E-state index in [-0.39, 0.29) is 18.6 Å². The van der Waals surface area contributed by atoms with Crippen molar-refractivity contribution in [1.82, 2.24) is 24.4 Å². The molecule has 6 rings (SSSR count). The number of aromatic nitrogens is 4. The number of carbonyl (C=O) groups is 2. The first kappa shape index (κ1) is 26.8. The first-order valence-electron chi connectivity index (χ1n) is 13.2. The zero-order chi connectivity index (χ0) is 27.6. The third-order valence-electron chi connectivity index (χ3n) is 7.05. The minimum Gasteiger partial charge on any atom is -0.454 e. The van der Waals surface area contributed by atoms with Gasteiger partial charge in [-0.2, -0.15) is 0 Å². The van der Waals surface area contributed by atoms with Crippen molar-refractivity contribution in [2.75, 3.05) is 19.1 Å². The standard InChI is InChI=1S/C28H27IN6O4S/c29-19-13-20-21(39-16-38-20)14-22(19)40-28-33-23-24(30)31-15-32-25(23)34(28)11-7-3-1-2-4-8-12-35-26(36)17-9-5-6-10-18(17)27(35)37/h5-6,9-10,13-15H,1-4,7-8,11-12,16H2,(H2,30,31,32). The van der Waals surface area contributed by atoms with Crippen LogP contribution in [0.5, 0.6) is 11.5 Å². The Bertz CT molecular complexity index is 1570. The SMILES string of the molecule is Nc1ncnc2c1nc(Sc1cc3c(cc1I)OCO3)n2CCCCCCCCN1C(=O)c2ccccc2C1=O. The minimum atomic E-state index is -0.179. The van der Waals surface area contributed by atoms with E-state index in [0.29, 0.717) is 29.0 Å². The van der Waals surface area contributed by atoms with E-state index in [2.05, 4.69) is 37.1 Å². The van der Waals surface area contributed by atoms with Crippen LogP contribution in [0.1, 0.15) is 59.2 Å². The average molecular weight is 671 g/mol. The van der Waals surface area contributed by atoms with Gasteiger partial charge in [0.25, 0.3) is 11.8 Å². The highest BCUT2D eigenvalue weighted by Gasteiger charge is 2.34. The van der Waals surface area contributed by atoms with Crippen LogP contribution < -0.4 is 15.2 Å². The summed E-state index contributed by atoms with van der Waals surface area (Å²) in [5, 5.41) is 0.805. The fraction of sp³-hybridized carbons (Fsp3) is 0.321. The number of benzene rings is 2. The summed E-state index contributed by atoms with van der Waals surface area (Å²) < 4.78 is 14.2. The number of halogens is 1. The van der Waals surface area contributed by atoms with Crippen molar-refractivity contribution in [1.29, 1.82) is 0 Å². The number of hydrogen-bond donors (Lipinski definition) is 1. The molecule has 2 aliphatic rings. The van der Waals surface area contributed by atoms with Gasteiger partial charge >= 0.3 is 0 Å². The number of unbranched alkanes of at least 4 members (excludes halogenated alkanes) is 5. The Morgan fingerprint density at radius 1 is 0.900 bits per heavy atom. The first-order chi connectivity index (χ1) is 19.5. The maximum absolute atomic E-state index is 12.5. The van der Waals surface area contributed by atoms with Crippen LogP contribution in [0.15, 0.2) is 52.8 Å². The maximum Gasteiger partial charge on any atom is 0.261 e. The maximum atomic E-state index is 12.5. The fourth-order valence-corrected chi connectivity index (χ4v) is 6.69. The summed E-state index contributed by atoms with van der Waals surface area (Å²) in [4.78, 5) is 40.8. The van der Waals surface area contributed by atoms with Crippen LogP contribution in [0.25, 0.3) is 11.2 Å². The molecule has 0 saturated carbocycles. The zero-order valence-electron chi connectivity index (χ0n) is 21.6. The molecule has 0 bridgehead atoms. The van der Waals surface area contributed by atoms with Gasteiger partial charge in [-0.1, -0.05) is 49.6 Å². The summed E-state index contributed by atoms with van der Waals surface area (Å²) >= 11 is 3.85. The Kier molecular flexibility index (Phi) is 7.78. The van der Waals surface area contributed by atoms with E-state index in [1.807, 2.05) is 12.1 Å². The van der Waals surface area contributed by atoms with Crippen LogP contribution >= 0.6 is 34.4 Å². The molecule has 0 spiro atoms. The molecule has 2 aliphatic heterocycles. The molecule has 0 aliphatic carbocycles. The van der Waals surface area contributed by atoms with Crippen LogP contribution in [0.2, 0.25) is 0 Å². The number of amides is 2. The average Bonchev–Trinajstić information content (AvgIpc) is 3.62. The number of fused-ring (bicyclic) bond motifs is 3. The number of anilines is 1. The Hall–Kier alpha value is -3.39. The molecular formula is C28H27IN6O4S.